The van der Waals surface area contributed by atoms with E-state index >= 15 is 0 Å². The van der Waals surface area contributed by atoms with E-state index in [1.165, 1.54) is 15.6 Å². The van der Waals surface area contributed by atoms with Crippen LogP contribution in [0, 0.1) is 0 Å². The van der Waals surface area contributed by atoms with Gasteiger partial charge in [-0.05, 0) is 18.2 Å². The Morgan fingerprint density at radius 1 is 1.17 bits per heavy atom. The van der Waals surface area contributed by atoms with Gasteiger partial charge in [0.15, 0.2) is 0 Å². The number of hydrogen-bond acceptors (Lipinski definition) is 6. The van der Waals surface area contributed by atoms with Crippen molar-refractivity contribution < 1.29 is 8.42 Å². The minimum absolute atomic E-state index is 0.262. The molecule has 3 aromatic rings. The molecule has 0 atom stereocenters. The fraction of sp³-hybridized carbons (Fsp3) is 0.200. The molecule has 0 fully saturated rings. The number of hydrogen-bond donors (Lipinski definition) is 1. The summed E-state index contributed by atoms with van der Waals surface area (Å²) in [5.41, 5.74) is 5.10. The van der Waals surface area contributed by atoms with Crippen molar-refractivity contribution >= 4 is 44.3 Å². The third-order valence-corrected chi connectivity index (χ3v) is 7.38. The number of sulfonamides is 1. The number of rotatable bonds is 8. The van der Waals surface area contributed by atoms with Crippen LogP contribution in [0.3, 0.4) is 0 Å². The Balaban J connectivity index is 1.78. The molecule has 0 spiro atoms. The highest BCUT2D eigenvalue weighted by atomic mass is 35.5. The lowest BCUT2D eigenvalue weighted by atomic mass is 10.2. The minimum Gasteiger partial charge on any atom is -0.253 e. The first-order valence-corrected chi connectivity index (χ1v) is 11.7. The monoisotopic (exact) mass is 448 g/mol. The zero-order chi connectivity index (χ0) is 20.9. The fourth-order valence-electron chi connectivity index (χ4n) is 2.72. The van der Waals surface area contributed by atoms with E-state index in [2.05, 4.69) is 15.5 Å². The van der Waals surface area contributed by atoms with E-state index in [9.17, 15) is 8.42 Å². The van der Waals surface area contributed by atoms with E-state index in [0.717, 1.165) is 11.1 Å². The van der Waals surface area contributed by atoms with E-state index in [0.29, 0.717) is 28.9 Å². The largest absolute Gasteiger partial charge is 0.253 e. The summed E-state index contributed by atoms with van der Waals surface area (Å²) >= 11 is 7.48. The summed E-state index contributed by atoms with van der Waals surface area (Å²) in [5.74, 6) is 0. The lowest BCUT2D eigenvalue weighted by Gasteiger charge is -2.18. The first kappa shape index (κ1) is 21.4. The van der Waals surface area contributed by atoms with Gasteiger partial charge in [-0.25, -0.2) is 13.4 Å². The molecule has 29 heavy (non-hydrogen) atoms. The third-order valence-electron chi connectivity index (χ3n) is 4.25. The van der Waals surface area contributed by atoms with Gasteiger partial charge in [-0.2, -0.15) is 9.41 Å². The van der Waals surface area contributed by atoms with Gasteiger partial charge in [0.1, 0.15) is 0 Å². The number of thiazole rings is 1. The molecule has 2 aromatic carbocycles. The van der Waals surface area contributed by atoms with Crippen LogP contribution in [0.1, 0.15) is 19.4 Å². The van der Waals surface area contributed by atoms with Crippen LogP contribution in [0.15, 0.2) is 63.9 Å². The molecule has 1 N–H and O–H groups in total. The van der Waals surface area contributed by atoms with E-state index in [-0.39, 0.29) is 4.90 Å². The summed E-state index contributed by atoms with van der Waals surface area (Å²) in [7, 11) is -3.52. The maximum atomic E-state index is 12.8. The molecule has 0 unspecified atom stereocenters. The first-order chi connectivity index (χ1) is 14.0. The summed E-state index contributed by atoms with van der Waals surface area (Å²) < 4.78 is 26.9. The second-order valence-electron chi connectivity index (χ2n) is 6.05. The molecular weight excluding hydrogens is 428 g/mol. The second-order valence-corrected chi connectivity index (χ2v) is 9.25. The van der Waals surface area contributed by atoms with Crippen LogP contribution in [0.2, 0.25) is 5.02 Å². The molecule has 0 aliphatic rings. The van der Waals surface area contributed by atoms with Crippen LogP contribution in [0.5, 0.6) is 0 Å². The normalized spacial score (nSPS) is 12.0. The van der Waals surface area contributed by atoms with Crippen molar-refractivity contribution in [3.63, 3.8) is 0 Å². The van der Waals surface area contributed by atoms with Crippen molar-refractivity contribution in [1.82, 2.24) is 9.29 Å². The third kappa shape index (κ3) is 5.02. The predicted octanol–water partition coefficient (Wildman–Crippen LogP) is 4.94. The standard InChI is InChI=1S/C20H21ClN4O2S2/c1-3-25(4-2)29(26,27)17-10-7-9-15(12-17)19-14-28-20(23-19)24-22-13-16-8-5-6-11-18(16)21/h5-14H,3-4H2,1-2H3,(H,23,24). The molecule has 3 rings (SSSR count). The number of benzene rings is 2. The highest BCUT2D eigenvalue weighted by Gasteiger charge is 2.22. The second kappa shape index (κ2) is 9.49. The maximum absolute atomic E-state index is 12.8. The molecule has 6 nitrogen and oxygen atoms in total. The van der Waals surface area contributed by atoms with Crippen molar-refractivity contribution in [3.8, 4) is 11.3 Å². The molecule has 0 radical (unpaired) electrons. The van der Waals surface area contributed by atoms with Gasteiger partial charge in [0, 0.05) is 34.6 Å². The number of nitrogens with one attached hydrogen (secondary N) is 1. The molecule has 152 valence electrons. The van der Waals surface area contributed by atoms with Crippen LogP contribution in [0.25, 0.3) is 11.3 Å². The minimum atomic E-state index is -3.52. The van der Waals surface area contributed by atoms with Crippen molar-refractivity contribution in [2.24, 2.45) is 5.10 Å². The molecule has 0 aliphatic carbocycles. The SMILES string of the molecule is CCN(CC)S(=O)(=O)c1cccc(-c2csc(NN=Cc3ccccc3Cl)n2)c1. The molecule has 0 bridgehead atoms. The molecular formula is C20H21ClN4O2S2. The topological polar surface area (TPSA) is 74.7 Å². The predicted molar refractivity (Wildman–Crippen MR) is 120 cm³/mol. The summed E-state index contributed by atoms with van der Waals surface area (Å²) in [4.78, 5) is 4.76. The molecule has 0 saturated carbocycles. The van der Waals surface area contributed by atoms with Crippen LogP contribution < -0.4 is 5.43 Å². The van der Waals surface area contributed by atoms with Crippen LogP contribution in [-0.2, 0) is 10.0 Å². The number of anilines is 1. The molecule has 0 aliphatic heterocycles. The Bertz CT molecular complexity index is 1110. The average Bonchev–Trinajstić information content (AvgIpc) is 3.19. The first-order valence-electron chi connectivity index (χ1n) is 9.05. The molecule has 9 heteroatoms. The Morgan fingerprint density at radius 2 is 1.93 bits per heavy atom. The van der Waals surface area contributed by atoms with Crippen molar-refractivity contribution in [1.29, 1.82) is 0 Å². The van der Waals surface area contributed by atoms with E-state index < -0.39 is 10.0 Å². The van der Waals surface area contributed by atoms with E-state index in [4.69, 9.17) is 11.6 Å². The van der Waals surface area contributed by atoms with Crippen molar-refractivity contribution in [2.75, 3.05) is 18.5 Å². The number of aromatic nitrogens is 1. The molecule has 1 heterocycles. The summed E-state index contributed by atoms with van der Waals surface area (Å²) in [6, 6.07) is 14.2. The van der Waals surface area contributed by atoms with E-state index in [1.54, 1.807) is 30.5 Å². The Labute approximate surface area is 179 Å². The van der Waals surface area contributed by atoms with Crippen molar-refractivity contribution in [3.05, 3.63) is 64.5 Å². The van der Waals surface area contributed by atoms with Gasteiger partial charge in [0.25, 0.3) is 0 Å². The fourth-order valence-corrected chi connectivity index (χ4v) is 5.08. The summed E-state index contributed by atoms with van der Waals surface area (Å²) in [6.45, 7) is 4.51. The van der Waals surface area contributed by atoms with Gasteiger partial charge in [0.05, 0.1) is 16.8 Å². The number of hydrazone groups is 1. The van der Waals surface area contributed by atoms with Gasteiger partial charge in [-0.1, -0.05) is 55.8 Å². The highest BCUT2D eigenvalue weighted by molar-refractivity contribution is 7.89. The molecule has 0 saturated heterocycles. The van der Waals surface area contributed by atoms with Gasteiger partial charge < -0.3 is 0 Å². The number of halogens is 1. The number of nitrogens with zero attached hydrogens (tertiary/aromatic N) is 3. The summed E-state index contributed by atoms with van der Waals surface area (Å²) in [5, 5.41) is 7.24. The lowest BCUT2D eigenvalue weighted by Crippen LogP contribution is -2.30. The lowest BCUT2D eigenvalue weighted by molar-refractivity contribution is 0.445. The molecule has 0 amide bonds. The van der Waals surface area contributed by atoms with Gasteiger partial charge >= 0.3 is 0 Å². The zero-order valence-electron chi connectivity index (χ0n) is 16.0. The van der Waals surface area contributed by atoms with Gasteiger partial charge in [-0.15, -0.1) is 11.3 Å². The maximum Gasteiger partial charge on any atom is 0.243 e. The van der Waals surface area contributed by atoms with Crippen LogP contribution in [-0.4, -0.2) is 37.0 Å². The van der Waals surface area contributed by atoms with E-state index in [1.807, 2.05) is 43.5 Å². The Kier molecular flexibility index (Phi) is 7.02. The zero-order valence-corrected chi connectivity index (χ0v) is 18.4. The smallest absolute Gasteiger partial charge is 0.243 e. The Morgan fingerprint density at radius 3 is 2.66 bits per heavy atom. The van der Waals surface area contributed by atoms with Gasteiger partial charge in [0.2, 0.25) is 15.2 Å². The molecule has 1 aromatic heterocycles. The summed E-state index contributed by atoms with van der Waals surface area (Å²) in [6.07, 6.45) is 1.63. The van der Waals surface area contributed by atoms with Crippen LogP contribution >= 0.6 is 22.9 Å². The van der Waals surface area contributed by atoms with Crippen LogP contribution in [0.4, 0.5) is 5.13 Å². The highest BCUT2D eigenvalue weighted by Crippen LogP contribution is 2.27. The van der Waals surface area contributed by atoms with Gasteiger partial charge in [-0.3, -0.25) is 5.43 Å². The van der Waals surface area contributed by atoms with Crippen molar-refractivity contribution in [2.45, 2.75) is 18.7 Å². The Hall–Kier alpha value is -2.26. The quantitative estimate of drug-likeness (QED) is 0.391. The average molecular weight is 449 g/mol.